The second kappa shape index (κ2) is 9.20. The monoisotopic (exact) mass is 478 g/mol. The molecule has 33 heavy (non-hydrogen) atoms. The Labute approximate surface area is 202 Å². The molecule has 6 heteroatoms. The molecule has 0 aromatic carbocycles. The van der Waals surface area contributed by atoms with Gasteiger partial charge in [0.25, 0.3) is 0 Å². The molecule has 0 radical (unpaired) electrons. The summed E-state index contributed by atoms with van der Waals surface area (Å²) in [5.74, 6) is 6.11. The smallest absolute Gasteiger partial charge is 0.211 e. The molecule has 1 saturated heterocycles. The summed E-state index contributed by atoms with van der Waals surface area (Å²) in [5.41, 5.74) is 0.195. The summed E-state index contributed by atoms with van der Waals surface area (Å²) in [5, 5.41) is 0. The van der Waals surface area contributed by atoms with Crippen LogP contribution in [0.4, 0.5) is 0 Å². The third-order valence-electron chi connectivity index (χ3n) is 11.2. The van der Waals surface area contributed by atoms with Gasteiger partial charge in [-0.1, -0.05) is 26.7 Å². The van der Waals surface area contributed by atoms with Gasteiger partial charge >= 0.3 is 0 Å². The Morgan fingerprint density at radius 1 is 0.909 bits per heavy atom. The Kier molecular flexibility index (Phi) is 6.76. The fourth-order valence-corrected chi connectivity index (χ4v) is 10.2. The number of nitrogens with zero attached hydrogens (tertiary/aromatic N) is 2. The van der Waals surface area contributed by atoms with Gasteiger partial charge in [-0.3, -0.25) is 9.69 Å². The molecule has 5 aliphatic rings. The van der Waals surface area contributed by atoms with Crippen LogP contribution < -0.4 is 0 Å². The van der Waals surface area contributed by atoms with Crippen molar-refractivity contribution in [1.82, 2.24) is 9.21 Å². The largest absolute Gasteiger partial charge is 0.298 e. The normalized spacial score (nSPS) is 44.6. The Hall–Kier alpha value is -0.460. The van der Waals surface area contributed by atoms with Crippen LogP contribution in [0.2, 0.25) is 0 Å². The first-order valence-corrected chi connectivity index (χ1v) is 15.8. The molecule has 1 heterocycles. The maximum absolute atomic E-state index is 13.5. The Balaban J connectivity index is 1.21. The molecule has 5 nitrogen and oxygen atoms in total. The van der Waals surface area contributed by atoms with Crippen LogP contribution in [0.5, 0.6) is 0 Å². The predicted molar refractivity (Wildman–Crippen MR) is 132 cm³/mol. The van der Waals surface area contributed by atoms with Crippen LogP contribution in [-0.4, -0.2) is 62.4 Å². The first kappa shape index (κ1) is 24.2. The minimum absolute atomic E-state index is 0.195. The summed E-state index contributed by atoms with van der Waals surface area (Å²) in [7, 11) is -3.12. The van der Waals surface area contributed by atoms with Crippen LogP contribution in [0.25, 0.3) is 0 Å². The molecular formula is C27H46N2O3S. The number of fused-ring (bicyclic) bond motifs is 5. The zero-order valence-electron chi connectivity index (χ0n) is 21.2. The van der Waals surface area contributed by atoms with Gasteiger partial charge in [-0.2, -0.15) is 4.31 Å². The summed E-state index contributed by atoms with van der Waals surface area (Å²) >= 11 is 0. The van der Waals surface area contributed by atoms with Crippen LogP contribution >= 0.6 is 0 Å². The highest BCUT2D eigenvalue weighted by Gasteiger charge is 2.58. The minimum Gasteiger partial charge on any atom is -0.298 e. The predicted octanol–water partition coefficient (Wildman–Crippen LogP) is 4.43. The first-order valence-electron chi connectivity index (χ1n) is 13.9. The molecule has 0 amide bonds. The van der Waals surface area contributed by atoms with E-state index >= 15 is 0 Å². The number of ketones is 1. The summed E-state index contributed by atoms with van der Waals surface area (Å²) in [4.78, 5) is 15.7. The first-order chi connectivity index (χ1) is 15.7. The van der Waals surface area contributed by atoms with E-state index in [0.29, 0.717) is 38.5 Å². The number of carbonyl (C=O) groups is 1. The van der Waals surface area contributed by atoms with Crippen molar-refractivity contribution >= 4 is 15.8 Å². The van der Waals surface area contributed by atoms with Gasteiger partial charge in [-0.05, 0) is 92.3 Å². The van der Waals surface area contributed by atoms with E-state index in [9.17, 15) is 13.2 Å². The number of piperazine rings is 1. The molecule has 8 atom stereocenters. The molecule has 0 bridgehead atoms. The molecule has 0 aromatic heterocycles. The second-order valence-corrected chi connectivity index (χ2v) is 14.6. The minimum atomic E-state index is -3.12. The third kappa shape index (κ3) is 4.46. The number of sulfonamides is 1. The fourth-order valence-electron chi connectivity index (χ4n) is 9.40. The number of carbonyl (C=O) groups excluding carboxylic acids is 1. The van der Waals surface area contributed by atoms with Crippen LogP contribution in [0, 0.1) is 46.8 Å². The van der Waals surface area contributed by atoms with Crippen molar-refractivity contribution in [2.24, 2.45) is 46.8 Å². The molecule has 0 N–H and O–H groups in total. The van der Waals surface area contributed by atoms with E-state index < -0.39 is 10.0 Å². The van der Waals surface area contributed by atoms with Gasteiger partial charge in [0.2, 0.25) is 10.0 Å². The maximum Gasteiger partial charge on any atom is 0.211 e. The Morgan fingerprint density at radius 3 is 2.33 bits per heavy atom. The Morgan fingerprint density at radius 2 is 1.64 bits per heavy atom. The molecular weight excluding hydrogens is 432 g/mol. The second-order valence-electron chi connectivity index (χ2n) is 12.6. The standard InChI is InChI=1S/C27H46N2O3S/c1-4-19-5-7-21-20(17-19)6-8-23-22(21)11-12-27(2)24(23)9-10-25(27)26(30)18-28-13-15-29(16-14-28)33(3,31)32/h19-25H,4-18H2,1-3H3/t19-,20?,21-,22?,23+,24?,25+,27-/m0/s1. The van der Waals surface area contributed by atoms with Gasteiger partial charge in [0.15, 0.2) is 0 Å². The van der Waals surface area contributed by atoms with Crippen LogP contribution in [0.15, 0.2) is 0 Å². The molecule has 4 aliphatic carbocycles. The zero-order valence-corrected chi connectivity index (χ0v) is 22.0. The number of hydrogen-bond donors (Lipinski definition) is 0. The average Bonchev–Trinajstić information content (AvgIpc) is 3.15. The quantitative estimate of drug-likeness (QED) is 0.587. The van der Waals surface area contributed by atoms with Crippen molar-refractivity contribution in [1.29, 1.82) is 0 Å². The van der Waals surface area contributed by atoms with Crippen molar-refractivity contribution in [3.63, 3.8) is 0 Å². The summed E-state index contributed by atoms with van der Waals surface area (Å²) in [6.07, 6.45) is 14.9. The number of Topliss-reactive ketones (excluding diaryl/α,β-unsaturated/α-hetero) is 1. The van der Waals surface area contributed by atoms with E-state index in [4.69, 9.17) is 0 Å². The fraction of sp³-hybridized carbons (Fsp3) is 0.963. The molecule has 4 saturated carbocycles. The molecule has 5 fully saturated rings. The summed E-state index contributed by atoms with van der Waals surface area (Å²) in [6, 6.07) is 0. The van der Waals surface area contributed by atoms with Gasteiger partial charge in [0.05, 0.1) is 12.8 Å². The van der Waals surface area contributed by atoms with E-state index in [1.165, 1.54) is 64.0 Å². The lowest BCUT2D eigenvalue weighted by Gasteiger charge is -2.56. The van der Waals surface area contributed by atoms with E-state index in [-0.39, 0.29) is 11.3 Å². The maximum atomic E-state index is 13.5. The summed E-state index contributed by atoms with van der Waals surface area (Å²) < 4.78 is 25.1. The van der Waals surface area contributed by atoms with E-state index in [2.05, 4.69) is 18.7 Å². The molecule has 188 valence electrons. The van der Waals surface area contributed by atoms with Gasteiger partial charge in [-0.25, -0.2) is 8.42 Å². The van der Waals surface area contributed by atoms with Crippen LogP contribution in [0.1, 0.15) is 78.1 Å². The van der Waals surface area contributed by atoms with Gasteiger partial charge < -0.3 is 0 Å². The highest BCUT2D eigenvalue weighted by Crippen LogP contribution is 2.64. The lowest BCUT2D eigenvalue weighted by atomic mass is 9.49. The van der Waals surface area contributed by atoms with Gasteiger partial charge in [0.1, 0.15) is 5.78 Å². The number of hydrogen-bond acceptors (Lipinski definition) is 4. The zero-order chi connectivity index (χ0) is 23.4. The van der Waals surface area contributed by atoms with Crippen molar-refractivity contribution in [2.45, 2.75) is 78.1 Å². The van der Waals surface area contributed by atoms with Crippen molar-refractivity contribution < 1.29 is 13.2 Å². The van der Waals surface area contributed by atoms with Crippen LogP contribution in [0.3, 0.4) is 0 Å². The van der Waals surface area contributed by atoms with Crippen LogP contribution in [-0.2, 0) is 14.8 Å². The van der Waals surface area contributed by atoms with Crippen molar-refractivity contribution in [3.8, 4) is 0 Å². The van der Waals surface area contributed by atoms with Crippen molar-refractivity contribution in [3.05, 3.63) is 0 Å². The average molecular weight is 479 g/mol. The van der Waals surface area contributed by atoms with E-state index in [1.807, 2.05) is 0 Å². The highest BCUT2D eigenvalue weighted by atomic mass is 32.2. The molecule has 0 aromatic rings. The van der Waals surface area contributed by atoms with Gasteiger partial charge in [-0.15, -0.1) is 0 Å². The van der Waals surface area contributed by atoms with Crippen molar-refractivity contribution in [2.75, 3.05) is 39.0 Å². The lowest BCUT2D eigenvalue weighted by molar-refractivity contribution is -0.132. The molecule has 0 spiro atoms. The highest BCUT2D eigenvalue weighted by molar-refractivity contribution is 7.88. The lowest BCUT2D eigenvalue weighted by Crippen LogP contribution is -2.52. The Bertz CT molecular complexity index is 836. The molecule has 5 rings (SSSR count). The summed E-state index contributed by atoms with van der Waals surface area (Å²) in [6.45, 7) is 7.75. The third-order valence-corrected chi connectivity index (χ3v) is 12.5. The van der Waals surface area contributed by atoms with Gasteiger partial charge in [0, 0.05) is 32.1 Å². The van der Waals surface area contributed by atoms with E-state index in [0.717, 1.165) is 41.9 Å². The SMILES string of the molecule is CC[C@H]1CC[C@H]2C(CC[C@@H]3C2CC[C@@]2(C)C3CC[C@@H]2C(=O)CN2CCN(S(C)(=O)=O)CC2)C1. The van der Waals surface area contributed by atoms with E-state index in [1.54, 1.807) is 4.31 Å². The number of rotatable bonds is 5. The topological polar surface area (TPSA) is 57.7 Å². The molecule has 1 aliphatic heterocycles. The molecule has 3 unspecified atom stereocenters.